The number of rotatable bonds is 3. The van der Waals surface area contributed by atoms with Gasteiger partial charge in [-0.25, -0.2) is 4.79 Å². The summed E-state index contributed by atoms with van der Waals surface area (Å²) in [5.74, 6) is 0.870. The Labute approximate surface area is 154 Å². The molecule has 7 heteroatoms. The zero-order chi connectivity index (χ0) is 17.3. The molecule has 0 aliphatic carbocycles. The molecule has 1 aromatic rings. The number of hydrogen-bond donors (Lipinski definition) is 1. The van der Waals surface area contributed by atoms with Crippen molar-refractivity contribution < 1.29 is 14.6 Å². The van der Waals surface area contributed by atoms with Crippen LogP contribution in [0.15, 0.2) is 27.6 Å². The summed E-state index contributed by atoms with van der Waals surface area (Å²) in [6.45, 7) is 5.43. The fraction of sp³-hybridized carbons (Fsp3) is 0.471. The molecule has 0 atom stereocenters. The Hall–Kier alpha value is -1.18. The number of amides is 2. The fourth-order valence-electron chi connectivity index (χ4n) is 2.93. The number of benzene rings is 1. The minimum atomic E-state index is -0.0467. The van der Waals surface area contributed by atoms with Gasteiger partial charge in [-0.3, -0.25) is 4.31 Å². The summed E-state index contributed by atoms with van der Waals surface area (Å²) in [5.41, 5.74) is 2.22. The quantitative estimate of drug-likeness (QED) is 0.768. The first-order valence-corrected chi connectivity index (χ1v) is 9.59. The molecule has 2 aliphatic rings. The minimum absolute atomic E-state index is 0.0286. The number of aliphatic hydroxyl groups is 1. The third-order valence-electron chi connectivity index (χ3n) is 4.14. The van der Waals surface area contributed by atoms with Crippen LogP contribution >= 0.6 is 27.9 Å². The summed E-state index contributed by atoms with van der Waals surface area (Å²) in [4.78, 5) is 15.7. The highest BCUT2D eigenvalue weighted by atomic mass is 79.9. The second kappa shape index (κ2) is 7.37. The molecule has 0 unspecified atom stereocenters. The van der Waals surface area contributed by atoms with E-state index in [4.69, 9.17) is 4.74 Å². The van der Waals surface area contributed by atoms with E-state index < -0.39 is 0 Å². The Balaban J connectivity index is 1.85. The fourth-order valence-corrected chi connectivity index (χ4v) is 4.40. The molecule has 0 radical (unpaired) electrons. The molecule has 0 fully saturated rings. The summed E-state index contributed by atoms with van der Waals surface area (Å²) in [6.07, 6.45) is 0.803. The van der Waals surface area contributed by atoms with Crippen molar-refractivity contribution in [2.75, 3.05) is 26.3 Å². The maximum absolute atomic E-state index is 12.8. The zero-order valence-electron chi connectivity index (χ0n) is 13.8. The highest BCUT2D eigenvalue weighted by Gasteiger charge is 2.33. The Bertz CT molecular complexity index is 678. The zero-order valence-corrected chi connectivity index (χ0v) is 16.2. The van der Waals surface area contributed by atoms with Gasteiger partial charge in [0.05, 0.1) is 19.8 Å². The highest BCUT2D eigenvalue weighted by Crippen LogP contribution is 2.45. The number of fused-ring (bicyclic) bond motifs is 2. The van der Waals surface area contributed by atoms with Gasteiger partial charge in [0.15, 0.2) is 0 Å². The van der Waals surface area contributed by atoms with Crippen LogP contribution in [0.1, 0.15) is 25.8 Å². The van der Waals surface area contributed by atoms with Crippen molar-refractivity contribution in [3.8, 4) is 5.75 Å². The standard InChI is InChI=1S/C17H21BrN2O3S/c1-11(2)19(6-7-21)17(22)20-10-14-13-9-12(18)3-4-15(13)23-8-5-16(14)24-20/h3-4,9,11,21H,5-8,10H2,1-2H3. The first-order chi connectivity index (χ1) is 11.5. The molecule has 1 aromatic carbocycles. The van der Waals surface area contributed by atoms with Crippen LogP contribution in [0.4, 0.5) is 4.79 Å². The largest absolute Gasteiger partial charge is 0.493 e. The third-order valence-corrected chi connectivity index (χ3v) is 5.81. The van der Waals surface area contributed by atoms with E-state index in [-0.39, 0.29) is 18.7 Å². The molecule has 0 bridgehead atoms. The first-order valence-electron chi connectivity index (χ1n) is 8.03. The summed E-state index contributed by atoms with van der Waals surface area (Å²) < 4.78 is 8.62. The van der Waals surface area contributed by atoms with Crippen molar-refractivity contribution in [1.29, 1.82) is 0 Å². The van der Waals surface area contributed by atoms with Crippen molar-refractivity contribution in [2.24, 2.45) is 0 Å². The van der Waals surface area contributed by atoms with Gasteiger partial charge in [-0.15, -0.1) is 0 Å². The maximum Gasteiger partial charge on any atom is 0.330 e. The number of halogens is 1. The van der Waals surface area contributed by atoms with Crippen molar-refractivity contribution in [1.82, 2.24) is 9.21 Å². The van der Waals surface area contributed by atoms with Crippen molar-refractivity contribution in [2.45, 2.75) is 26.3 Å². The molecular weight excluding hydrogens is 392 g/mol. The first kappa shape index (κ1) is 17.6. The van der Waals surface area contributed by atoms with Crippen LogP contribution in [0.2, 0.25) is 0 Å². The van der Waals surface area contributed by atoms with Gasteiger partial charge in [-0.2, -0.15) is 0 Å². The van der Waals surface area contributed by atoms with Gasteiger partial charge in [0.1, 0.15) is 5.75 Å². The molecule has 1 N–H and O–H groups in total. The topological polar surface area (TPSA) is 53.0 Å². The van der Waals surface area contributed by atoms with E-state index in [9.17, 15) is 9.90 Å². The number of nitrogens with zero attached hydrogens (tertiary/aromatic N) is 2. The number of ether oxygens (including phenoxy) is 1. The van der Waals surface area contributed by atoms with Gasteiger partial charge < -0.3 is 14.7 Å². The lowest BCUT2D eigenvalue weighted by Gasteiger charge is -2.30. The summed E-state index contributed by atoms with van der Waals surface area (Å²) in [5, 5.41) is 9.23. The molecular formula is C17H21BrN2O3S. The van der Waals surface area contributed by atoms with Crippen LogP contribution in [-0.4, -0.2) is 52.7 Å². The van der Waals surface area contributed by atoms with Gasteiger partial charge in [0.2, 0.25) is 0 Å². The lowest BCUT2D eigenvalue weighted by molar-refractivity contribution is 0.150. The van der Waals surface area contributed by atoms with Crippen LogP contribution in [-0.2, 0) is 0 Å². The van der Waals surface area contributed by atoms with Crippen LogP contribution < -0.4 is 4.74 Å². The Kier molecular flexibility index (Phi) is 5.42. The smallest absolute Gasteiger partial charge is 0.330 e. The number of aliphatic hydroxyl groups excluding tert-OH is 1. The molecule has 0 saturated carbocycles. The highest BCUT2D eigenvalue weighted by molar-refractivity contribution is 9.10. The molecule has 0 aromatic heterocycles. The Morgan fingerprint density at radius 1 is 1.50 bits per heavy atom. The van der Waals surface area contributed by atoms with Crippen LogP contribution in [0.5, 0.6) is 5.75 Å². The summed E-state index contributed by atoms with van der Waals surface area (Å²) in [6, 6.07) is 6.00. The van der Waals surface area contributed by atoms with Gasteiger partial charge >= 0.3 is 6.03 Å². The van der Waals surface area contributed by atoms with Crippen LogP contribution in [0.3, 0.4) is 0 Å². The second-order valence-corrected chi connectivity index (χ2v) is 8.09. The predicted molar refractivity (Wildman–Crippen MR) is 99.8 cm³/mol. The SMILES string of the molecule is CC(C)N(CCO)C(=O)N1CC2=C(CCOc3ccc(Br)cc32)S1. The van der Waals surface area contributed by atoms with Gasteiger partial charge in [-0.1, -0.05) is 15.9 Å². The van der Waals surface area contributed by atoms with Gasteiger partial charge in [-0.05, 0) is 49.6 Å². The summed E-state index contributed by atoms with van der Waals surface area (Å²) >= 11 is 5.02. The van der Waals surface area contributed by atoms with E-state index >= 15 is 0 Å². The molecule has 24 heavy (non-hydrogen) atoms. The lowest BCUT2D eigenvalue weighted by atomic mass is 10.0. The second-order valence-electron chi connectivity index (χ2n) is 6.06. The molecule has 2 heterocycles. The normalized spacial score (nSPS) is 16.6. The Morgan fingerprint density at radius 2 is 2.29 bits per heavy atom. The van der Waals surface area contributed by atoms with Crippen molar-refractivity contribution in [3.05, 3.63) is 33.1 Å². The molecule has 130 valence electrons. The average molecular weight is 413 g/mol. The van der Waals surface area contributed by atoms with E-state index in [1.54, 1.807) is 9.21 Å². The molecule has 0 saturated heterocycles. The number of carbonyl (C=O) groups is 1. The number of hydrogen-bond acceptors (Lipinski definition) is 4. The third kappa shape index (κ3) is 3.43. The number of carbonyl (C=O) groups excluding carboxylic acids is 1. The molecule has 0 spiro atoms. The van der Waals surface area contributed by atoms with Crippen LogP contribution in [0, 0.1) is 0 Å². The minimum Gasteiger partial charge on any atom is -0.493 e. The molecule has 2 amide bonds. The van der Waals surface area contributed by atoms with Crippen molar-refractivity contribution >= 4 is 39.5 Å². The van der Waals surface area contributed by atoms with E-state index in [0.717, 1.165) is 27.8 Å². The van der Waals surface area contributed by atoms with E-state index in [1.165, 1.54) is 16.9 Å². The molecule has 3 rings (SSSR count). The van der Waals surface area contributed by atoms with E-state index in [0.29, 0.717) is 19.7 Å². The predicted octanol–water partition coefficient (Wildman–Crippen LogP) is 3.73. The molecule has 2 aliphatic heterocycles. The van der Waals surface area contributed by atoms with E-state index in [2.05, 4.69) is 22.0 Å². The van der Waals surface area contributed by atoms with E-state index in [1.807, 2.05) is 26.0 Å². The monoisotopic (exact) mass is 412 g/mol. The van der Waals surface area contributed by atoms with Crippen LogP contribution in [0.25, 0.3) is 5.57 Å². The molecule has 5 nitrogen and oxygen atoms in total. The Morgan fingerprint density at radius 3 is 3.00 bits per heavy atom. The summed E-state index contributed by atoms with van der Waals surface area (Å²) in [7, 11) is 0. The number of urea groups is 1. The maximum atomic E-state index is 12.8. The van der Waals surface area contributed by atoms with Crippen molar-refractivity contribution in [3.63, 3.8) is 0 Å². The average Bonchev–Trinajstić information content (AvgIpc) is 2.90. The lowest BCUT2D eigenvalue weighted by Crippen LogP contribution is -2.44. The van der Waals surface area contributed by atoms with Gasteiger partial charge in [0.25, 0.3) is 0 Å². The van der Waals surface area contributed by atoms with Gasteiger partial charge in [0, 0.05) is 33.9 Å².